The molecule has 1 saturated heterocycles. The normalized spacial score (nSPS) is 22.9. The number of hydrogen-bond donors (Lipinski definition) is 0. The Hall–Kier alpha value is -0.820. The second-order valence-corrected chi connectivity index (χ2v) is 4.55. The van der Waals surface area contributed by atoms with E-state index in [0.717, 1.165) is 5.92 Å². The van der Waals surface area contributed by atoms with E-state index in [9.17, 15) is 0 Å². The molecule has 1 aliphatic heterocycles. The zero-order valence-corrected chi connectivity index (χ0v) is 9.65. The first-order valence-electron chi connectivity index (χ1n) is 6.17. The first kappa shape index (κ1) is 10.7. The van der Waals surface area contributed by atoms with Gasteiger partial charge in [-0.1, -0.05) is 37.3 Å². The van der Waals surface area contributed by atoms with Crippen LogP contribution in [0.25, 0.3) is 0 Å². The maximum atomic E-state index is 2.61. The Morgan fingerprint density at radius 2 is 2.07 bits per heavy atom. The highest BCUT2D eigenvalue weighted by Crippen LogP contribution is 2.26. The van der Waals surface area contributed by atoms with Crippen molar-refractivity contribution < 1.29 is 0 Å². The first-order valence-corrected chi connectivity index (χ1v) is 6.17. The van der Waals surface area contributed by atoms with Crippen LogP contribution in [0.3, 0.4) is 0 Å². The van der Waals surface area contributed by atoms with Crippen molar-refractivity contribution in [1.29, 1.82) is 0 Å². The van der Waals surface area contributed by atoms with Crippen LogP contribution >= 0.6 is 0 Å². The Kier molecular flexibility index (Phi) is 3.79. The molecule has 82 valence electrons. The van der Waals surface area contributed by atoms with Gasteiger partial charge >= 0.3 is 0 Å². The predicted molar refractivity (Wildman–Crippen MR) is 65.1 cm³/mol. The van der Waals surface area contributed by atoms with Gasteiger partial charge in [0.2, 0.25) is 0 Å². The number of benzene rings is 1. The van der Waals surface area contributed by atoms with Gasteiger partial charge < -0.3 is 4.90 Å². The van der Waals surface area contributed by atoms with E-state index in [1.54, 1.807) is 0 Å². The molecule has 2 rings (SSSR count). The lowest BCUT2D eigenvalue weighted by Crippen LogP contribution is -2.34. The van der Waals surface area contributed by atoms with E-state index in [-0.39, 0.29) is 0 Å². The molecule has 0 bridgehead atoms. The van der Waals surface area contributed by atoms with Gasteiger partial charge in [-0.25, -0.2) is 0 Å². The minimum Gasteiger partial charge on any atom is -0.303 e. The quantitative estimate of drug-likeness (QED) is 0.728. The van der Waals surface area contributed by atoms with Crippen LogP contribution in [0.4, 0.5) is 0 Å². The Morgan fingerprint density at radius 3 is 2.80 bits per heavy atom. The molecule has 1 nitrogen and oxygen atoms in total. The largest absolute Gasteiger partial charge is 0.303 e. The van der Waals surface area contributed by atoms with E-state index in [1.165, 1.54) is 44.5 Å². The van der Waals surface area contributed by atoms with Crippen LogP contribution in [0, 0.1) is 0 Å². The Bertz CT molecular complexity index is 279. The van der Waals surface area contributed by atoms with Gasteiger partial charge in [0.1, 0.15) is 0 Å². The van der Waals surface area contributed by atoms with Crippen LogP contribution in [0.15, 0.2) is 30.3 Å². The zero-order chi connectivity index (χ0) is 10.5. The molecule has 0 amide bonds. The van der Waals surface area contributed by atoms with Crippen molar-refractivity contribution in [2.45, 2.75) is 32.1 Å². The minimum atomic E-state index is 0.770. The van der Waals surface area contributed by atoms with Gasteiger partial charge in [0.15, 0.2) is 0 Å². The molecular weight excluding hydrogens is 182 g/mol. The van der Waals surface area contributed by atoms with Crippen molar-refractivity contribution in [3.63, 3.8) is 0 Å². The Balaban J connectivity index is 1.98. The molecule has 1 heteroatoms. The summed E-state index contributed by atoms with van der Waals surface area (Å²) in [5.74, 6) is 0.770. The second-order valence-electron chi connectivity index (χ2n) is 4.55. The first-order chi connectivity index (χ1) is 7.40. The highest BCUT2D eigenvalue weighted by molar-refractivity contribution is 5.20. The summed E-state index contributed by atoms with van der Waals surface area (Å²) in [6.45, 7) is 6.10. The predicted octanol–water partition coefficient (Wildman–Crippen LogP) is 3.28. The lowest BCUT2D eigenvalue weighted by Gasteiger charge is -2.32. The van der Waals surface area contributed by atoms with E-state index < -0.39 is 0 Å². The van der Waals surface area contributed by atoms with Gasteiger partial charge in [0, 0.05) is 6.54 Å². The van der Waals surface area contributed by atoms with Crippen LogP contribution in [0.2, 0.25) is 0 Å². The average molecular weight is 203 g/mol. The van der Waals surface area contributed by atoms with E-state index >= 15 is 0 Å². The van der Waals surface area contributed by atoms with E-state index in [2.05, 4.69) is 42.2 Å². The highest BCUT2D eigenvalue weighted by Gasteiger charge is 2.19. The number of rotatable bonds is 3. The number of nitrogens with zero attached hydrogens (tertiary/aromatic N) is 1. The molecule has 1 aromatic rings. The van der Waals surface area contributed by atoms with E-state index in [1.807, 2.05) is 0 Å². The number of likely N-dealkylation sites (tertiary alicyclic amines) is 1. The Morgan fingerprint density at radius 1 is 1.27 bits per heavy atom. The third kappa shape index (κ3) is 2.82. The molecule has 1 aromatic carbocycles. The van der Waals surface area contributed by atoms with Gasteiger partial charge in [-0.05, 0) is 43.8 Å². The molecule has 1 aliphatic rings. The standard InChI is InChI=1S/C14H21N/c1-2-10-15-11-6-9-14(12-15)13-7-4-3-5-8-13/h3-5,7-8,14H,2,6,9-12H2,1H3/t14-/m0/s1. The molecule has 0 spiro atoms. The fraction of sp³-hybridized carbons (Fsp3) is 0.571. The third-order valence-corrected chi connectivity index (χ3v) is 3.32. The van der Waals surface area contributed by atoms with Crippen molar-refractivity contribution in [3.8, 4) is 0 Å². The molecule has 1 atom stereocenters. The van der Waals surface area contributed by atoms with Crippen molar-refractivity contribution in [3.05, 3.63) is 35.9 Å². The Labute approximate surface area is 93.1 Å². The molecule has 1 heterocycles. The molecular formula is C14H21N. The van der Waals surface area contributed by atoms with E-state index in [0.29, 0.717) is 0 Å². The fourth-order valence-electron chi connectivity index (χ4n) is 2.57. The maximum absolute atomic E-state index is 2.61. The topological polar surface area (TPSA) is 3.24 Å². The van der Waals surface area contributed by atoms with Crippen LogP contribution in [0.1, 0.15) is 37.7 Å². The van der Waals surface area contributed by atoms with Crippen LogP contribution in [-0.4, -0.2) is 24.5 Å². The average Bonchev–Trinajstić information content (AvgIpc) is 2.31. The molecule has 0 unspecified atom stereocenters. The van der Waals surface area contributed by atoms with Crippen LogP contribution < -0.4 is 0 Å². The molecule has 0 radical (unpaired) electrons. The summed E-state index contributed by atoms with van der Waals surface area (Å²) in [7, 11) is 0. The van der Waals surface area contributed by atoms with Crippen LogP contribution in [0.5, 0.6) is 0 Å². The van der Waals surface area contributed by atoms with Gasteiger partial charge in [0.25, 0.3) is 0 Å². The molecule has 0 N–H and O–H groups in total. The smallest absolute Gasteiger partial charge is 0.00503 e. The number of piperidine rings is 1. The molecule has 1 fully saturated rings. The summed E-state index contributed by atoms with van der Waals surface area (Å²) in [5, 5.41) is 0. The summed E-state index contributed by atoms with van der Waals surface area (Å²) in [6, 6.07) is 11.0. The van der Waals surface area contributed by atoms with Gasteiger partial charge in [0.05, 0.1) is 0 Å². The van der Waals surface area contributed by atoms with Crippen molar-refractivity contribution in [2.24, 2.45) is 0 Å². The maximum Gasteiger partial charge on any atom is 0.00503 e. The molecule has 0 aromatic heterocycles. The summed E-state index contributed by atoms with van der Waals surface area (Å²) >= 11 is 0. The summed E-state index contributed by atoms with van der Waals surface area (Å²) in [6.07, 6.45) is 4.01. The van der Waals surface area contributed by atoms with Gasteiger partial charge in [-0.15, -0.1) is 0 Å². The zero-order valence-electron chi connectivity index (χ0n) is 9.65. The highest BCUT2D eigenvalue weighted by atomic mass is 15.1. The fourth-order valence-corrected chi connectivity index (χ4v) is 2.57. The SMILES string of the molecule is CCCN1CCC[C@H](c2ccccc2)C1. The van der Waals surface area contributed by atoms with Crippen molar-refractivity contribution in [1.82, 2.24) is 4.90 Å². The van der Waals surface area contributed by atoms with Gasteiger partial charge in [-0.3, -0.25) is 0 Å². The minimum absolute atomic E-state index is 0.770. The van der Waals surface area contributed by atoms with Crippen LogP contribution in [-0.2, 0) is 0 Å². The summed E-state index contributed by atoms with van der Waals surface area (Å²) in [4.78, 5) is 2.61. The molecule has 0 aliphatic carbocycles. The summed E-state index contributed by atoms with van der Waals surface area (Å²) < 4.78 is 0. The lowest BCUT2D eigenvalue weighted by molar-refractivity contribution is 0.208. The van der Waals surface area contributed by atoms with Gasteiger partial charge in [-0.2, -0.15) is 0 Å². The van der Waals surface area contributed by atoms with Crippen molar-refractivity contribution >= 4 is 0 Å². The lowest BCUT2D eigenvalue weighted by atomic mass is 9.91. The third-order valence-electron chi connectivity index (χ3n) is 3.32. The monoisotopic (exact) mass is 203 g/mol. The summed E-state index contributed by atoms with van der Waals surface area (Å²) in [5.41, 5.74) is 1.53. The van der Waals surface area contributed by atoms with E-state index in [4.69, 9.17) is 0 Å². The van der Waals surface area contributed by atoms with Crippen molar-refractivity contribution in [2.75, 3.05) is 19.6 Å². The number of hydrogen-bond acceptors (Lipinski definition) is 1. The molecule has 15 heavy (non-hydrogen) atoms. The molecule has 0 saturated carbocycles. The second kappa shape index (κ2) is 5.32.